The van der Waals surface area contributed by atoms with E-state index in [1.165, 1.54) is 12.3 Å². The van der Waals surface area contributed by atoms with Crippen molar-refractivity contribution in [1.29, 1.82) is 0 Å². The van der Waals surface area contributed by atoms with Crippen LogP contribution in [0.3, 0.4) is 0 Å². The van der Waals surface area contributed by atoms with Gasteiger partial charge in [0.25, 0.3) is 0 Å². The van der Waals surface area contributed by atoms with E-state index in [1.54, 1.807) is 19.1 Å². The van der Waals surface area contributed by atoms with Crippen molar-refractivity contribution in [2.24, 2.45) is 0 Å². The van der Waals surface area contributed by atoms with Crippen LogP contribution < -0.4 is 15.4 Å². The van der Waals surface area contributed by atoms with Crippen molar-refractivity contribution in [1.82, 2.24) is 5.32 Å². The lowest BCUT2D eigenvalue weighted by molar-refractivity contribution is -0.137. The van der Waals surface area contributed by atoms with Crippen LogP contribution in [0.1, 0.15) is 18.2 Å². The zero-order valence-electron chi connectivity index (χ0n) is 12.2. The second-order valence-electron chi connectivity index (χ2n) is 4.53. The molecule has 2 amide bonds. The van der Waals surface area contributed by atoms with E-state index in [0.29, 0.717) is 5.76 Å². The number of rotatable bonds is 5. The Balaban J connectivity index is 2.09. The number of alkyl halides is 3. The van der Waals surface area contributed by atoms with Crippen molar-refractivity contribution in [3.05, 3.63) is 47.9 Å². The molecule has 0 unspecified atom stereocenters. The van der Waals surface area contributed by atoms with E-state index in [4.69, 9.17) is 9.15 Å². The van der Waals surface area contributed by atoms with E-state index < -0.39 is 17.8 Å². The summed E-state index contributed by atoms with van der Waals surface area (Å²) in [5.74, 6) is 0.573. The molecule has 0 fully saturated rings. The van der Waals surface area contributed by atoms with E-state index in [-0.39, 0.29) is 24.6 Å². The van der Waals surface area contributed by atoms with E-state index in [9.17, 15) is 18.0 Å². The Kier molecular flexibility index (Phi) is 5.15. The largest absolute Gasteiger partial charge is 0.494 e. The highest BCUT2D eigenvalue weighted by Crippen LogP contribution is 2.37. The molecule has 1 heterocycles. The molecule has 8 heteroatoms. The van der Waals surface area contributed by atoms with Crippen LogP contribution in [-0.2, 0) is 12.7 Å². The van der Waals surface area contributed by atoms with Gasteiger partial charge in [-0.1, -0.05) is 0 Å². The lowest BCUT2D eigenvalue weighted by atomic mass is 10.1. The second-order valence-corrected chi connectivity index (χ2v) is 4.53. The number of benzene rings is 1. The quantitative estimate of drug-likeness (QED) is 0.871. The van der Waals surface area contributed by atoms with Crippen LogP contribution in [0.2, 0.25) is 0 Å². The molecule has 124 valence electrons. The van der Waals surface area contributed by atoms with E-state index in [2.05, 4.69) is 10.6 Å². The summed E-state index contributed by atoms with van der Waals surface area (Å²) in [4.78, 5) is 11.7. The maximum atomic E-state index is 13.1. The minimum atomic E-state index is -4.61. The maximum Gasteiger partial charge on any atom is 0.418 e. The molecule has 1 aromatic carbocycles. The number of carbonyl (C=O) groups excluding carboxylic acids is 1. The minimum absolute atomic E-state index is 0.0667. The molecule has 0 bridgehead atoms. The number of hydrogen-bond acceptors (Lipinski definition) is 3. The van der Waals surface area contributed by atoms with Crippen LogP contribution in [0.5, 0.6) is 5.75 Å². The first kappa shape index (κ1) is 16.7. The highest BCUT2D eigenvalue weighted by atomic mass is 19.4. The fraction of sp³-hybridized carbons (Fsp3) is 0.267. The SMILES string of the molecule is CCOc1ccc(NC(=O)NCc2ccco2)c(C(F)(F)F)c1. The van der Waals surface area contributed by atoms with Crippen LogP contribution in [0, 0.1) is 0 Å². The summed E-state index contributed by atoms with van der Waals surface area (Å²) in [6, 6.07) is 5.88. The number of amides is 2. The third-order valence-electron chi connectivity index (χ3n) is 2.86. The van der Waals surface area contributed by atoms with Gasteiger partial charge < -0.3 is 19.8 Å². The number of hydrogen-bond donors (Lipinski definition) is 2. The first-order valence-electron chi connectivity index (χ1n) is 6.81. The van der Waals surface area contributed by atoms with Crippen molar-refractivity contribution in [3.63, 3.8) is 0 Å². The monoisotopic (exact) mass is 328 g/mol. The van der Waals surface area contributed by atoms with Gasteiger partial charge in [0.05, 0.1) is 30.7 Å². The van der Waals surface area contributed by atoms with Crippen LogP contribution in [-0.4, -0.2) is 12.6 Å². The van der Waals surface area contributed by atoms with E-state index >= 15 is 0 Å². The summed E-state index contributed by atoms with van der Waals surface area (Å²) in [5.41, 5.74) is -1.32. The topological polar surface area (TPSA) is 63.5 Å². The summed E-state index contributed by atoms with van der Waals surface area (Å²) >= 11 is 0. The zero-order chi connectivity index (χ0) is 16.9. The number of anilines is 1. The Morgan fingerprint density at radius 1 is 1.30 bits per heavy atom. The average Bonchev–Trinajstić information content (AvgIpc) is 2.99. The molecule has 0 spiro atoms. The Bertz CT molecular complexity index is 654. The summed E-state index contributed by atoms with van der Waals surface area (Å²) in [6.45, 7) is 1.98. The van der Waals surface area contributed by atoms with Crippen molar-refractivity contribution in [2.75, 3.05) is 11.9 Å². The lowest BCUT2D eigenvalue weighted by Gasteiger charge is -2.15. The van der Waals surface area contributed by atoms with E-state index in [1.807, 2.05) is 0 Å². The first-order valence-corrected chi connectivity index (χ1v) is 6.81. The summed E-state index contributed by atoms with van der Waals surface area (Å²) in [7, 11) is 0. The normalized spacial score (nSPS) is 11.1. The molecule has 2 aromatic rings. The van der Waals surface area contributed by atoms with Gasteiger partial charge in [-0.3, -0.25) is 0 Å². The zero-order valence-corrected chi connectivity index (χ0v) is 12.2. The van der Waals surface area contributed by atoms with Crippen LogP contribution in [0.15, 0.2) is 41.0 Å². The molecule has 0 aliphatic rings. The Morgan fingerprint density at radius 3 is 2.70 bits per heavy atom. The fourth-order valence-corrected chi connectivity index (χ4v) is 1.87. The number of carbonyl (C=O) groups is 1. The predicted molar refractivity (Wildman–Crippen MR) is 77.2 cm³/mol. The van der Waals surface area contributed by atoms with Gasteiger partial charge in [0.1, 0.15) is 11.5 Å². The maximum absolute atomic E-state index is 13.1. The van der Waals surface area contributed by atoms with Gasteiger partial charge in [-0.05, 0) is 37.3 Å². The Morgan fingerprint density at radius 2 is 2.09 bits per heavy atom. The standard InChI is InChI=1S/C15H15F3N2O3/c1-2-22-10-5-6-13(12(8-10)15(16,17)18)20-14(21)19-9-11-4-3-7-23-11/h3-8H,2,9H2,1H3,(H2,19,20,21). The number of furan rings is 1. The van der Waals surface area contributed by atoms with Gasteiger partial charge in [-0.2, -0.15) is 13.2 Å². The molecule has 0 saturated heterocycles. The fourth-order valence-electron chi connectivity index (χ4n) is 1.87. The van der Waals surface area contributed by atoms with Gasteiger partial charge in [0.2, 0.25) is 0 Å². The average molecular weight is 328 g/mol. The summed E-state index contributed by atoms with van der Waals surface area (Å²) in [6.07, 6.45) is -3.18. The summed E-state index contributed by atoms with van der Waals surface area (Å²) < 4.78 is 49.3. The number of nitrogens with one attached hydrogen (secondary N) is 2. The molecule has 0 radical (unpaired) electrons. The number of urea groups is 1. The summed E-state index contributed by atoms with van der Waals surface area (Å²) in [5, 5.41) is 4.59. The molecule has 0 atom stereocenters. The lowest BCUT2D eigenvalue weighted by Crippen LogP contribution is -2.29. The molecule has 1 aromatic heterocycles. The van der Waals surface area contributed by atoms with Crippen LogP contribution in [0.4, 0.5) is 23.7 Å². The van der Waals surface area contributed by atoms with E-state index in [0.717, 1.165) is 12.1 Å². The highest BCUT2D eigenvalue weighted by molar-refractivity contribution is 5.90. The molecular weight excluding hydrogens is 313 g/mol. The smallest absolute Gasteiger partial charge is 0.418 e. The van der Waals surface area contributed by atoms with Gasteiger partial charge in [0.15, 0.2) is 0 Å². The Labute approximate surface area is 130 Å². The second kappa shape index (κ2) is 7.08. The van der Waals surface area contributed by atoms with Crippen molar-refractivity contribution in [2.45, 2.75) is 19.6 Å². The molecule has 2 N–H and O–H groups in total. The van der Waals surface area contributed by atoms with Gasteiger partial charge in [-0.25, -0.2) is 4.79 Å². The minimum Gasteiger partial charge on any atom is -0.494 e. The number of halogens is 3. The molecule has 2 rings (SSSR count). The Hall–Kier alpha value is -2.64. The van der Waals surface area contributed by atoms with Gasteiger partial charge in [0, 0.05) is 0 Å². The third kappa shape index (κ3) is 4.67. The van der Waals surface area contributed by atoms with Crippen LogP contribution >= 0.6 is 0 Å². The van der Waals surface area contributed by atoms with Crippen LogP contribution in [0.25, 0.3) is 0 Å². The highest BCUT2D eigenvalue weighted by Gasteiger charge is 2.34. The molecule has 0 aliphatic heterocycles. The molecule has 0 saturated carbocycles. The first-order chi connectivity index (χ1) is 10.9. The molecule has 5 nitrogen and oxygen atoms in total. The number of ether oxygens (including phenoxy) is 1. The van der Waals surface area contributed by atoms with Gasteiger partial charge in [-0.15, -0.1) is 0 Å². The van der Waals surface area contributed by atoms with Crippen molar-refractivity contribution < 1.29 is 27.1 Å². The third-order valence-corrected chi connectivity index (χ3v) is 2.86. The van der Waals surface area contributed by atoms with Crippen molar-refractivity contribution >= 4 is 11.7 Å². The molecule has 0 aliphatic carbocycles. The van der Waals surface area contributed by atoms with Crippen molar-refractivity contribution in [3.8, 4) is 5.75 Å². The molecule has 23 heavy (non-hydrogen) atoms. The van der Waals surface area contributed by atoms with Gasteiger partial charge >= 0.3 is 12.2 Å². The predicted octanol–water partition coefficient (Wildman–Crippen LogP) is 4.02. The molecular formula is C15H15F3N2O3.